The molecule has 0 aliphatic carbocycles. The monoisotopic (exact) mass is 341 g/mol. The number of nitrogens with one attached hydrogen (secondary N) is 1. The van der Waals surface area contributed by atoms with Gasteiger partial charge in [0.2, 0.25) is 5.91 Å². The van der Waals surface area contributed by atoms with Crippen molar-refractivity contribution >= 4 is 21.8 Å². The summed E-state index contributed by atoms with van der Waals surface area (Å²) in [6.45, 7) is 0.692. The fraction of sp³-hybridized carbons (Fsp3) is 0.250. The third kappa shape index (κ3) is 3.84. The molecule has 2 rings (SSSR count). The number of benzene rings is 1. The van der Waals surface area contributed by atoms with Gasteiger partial charge in [0.05, 0.1) is 30.3 Å². The molecular formula is C12H13BrFN5O. The maximum Gasteiger partial charge on any atom is 0.234 e. The molecule has 3 N–H and O–H groups in total. The first-order chi connectivity index (χ1) is 9.58. The lowest BCUT2D eigenvalue weighted by atomic mass is 10.2. The Kier molecular flexibility index (Phi) is 4.80. The second kappa shape index (κ2) is 6.58. The highest BCUT2D eigenvalue weighted by Gasteiger charge is 2.05. The van der Waals surface area contributed by atoms with E-state index in [4.69, 9.17) is 5.73 Å². The van der Waals surface area contributed by atoms with Crippen molar-refractivity contribution in [3.63, 3.8) is 0 Å². The van der Waals surface area contributed by atoms with E-state index < -0.39 is 0 Å². The zero-order chi connectivity index (χ0) is 14.5. The van der Waals surface area contributed by atoms with Crippen molar-refractivity contribution in [2.75, 3.05) is 6.54 Å². The molecule has 0 aliphatic heterocycles. The van der Waals surface area contributed by atoms with Gasteiger partial charge in [-0.1, -0.05) is 11.3 Å². The van der Waals surface area contributed by atoms with Crippen LogP contribution in [0, 0.1) is 5.82 Å². The lowest BCUT2D eigenvalue weighted by molar-refractivity contribution is -0.119. The molecule has 1 amide bonds. The van der Waals surface area contributed by atoms with Crippen LogP contribution in [0.1, 0.15) is 11.3 Å². The fourth-order valence-electron chi connectivity index (χ4n) is 1.58. The largest absolute Gasteiger partial charge is 0.349 e. The smallest absolute Gasteiger partial charge is 0.234 e. The van der Waals surface area contributed by atoms with Crippen LogP contribution in [-0.2, 0) is 17.9 Å². The third-order valence-corrected chi connectivity index (χ3v) is 3.17. The van der Waals surface area contributed by atoms with Gasteiger partial charge in [0.1, 0.15) is 11.5 Å². The molecule has 0 bridgehead atoms. The molecular weight excluding hydrogens is 329 g/mol. The van der Waals surface area contributed by atoms with E-state index in [0.29, 0.717) is 16.7 Å². The molecule has 1 heterocycles. The van der Waals surface area contributed by atoms with Crippen LogP contribution < -0.4 is 11.1 Å². The Bertz CT molecular complexity index is 616. The lowest BCUT2D eigenvalue weighted by Gasteiger charge is -2.02. The first kappa shape index (κ1) is 14.6. The van der Waals surface area contributed by atoms with Crippen LogP contribution in [0.15, 0.2) is 28.9 Å². The highest BCUT2D eigenvalue weighted by molar-refractivity contribution is 9.10. The molecule has 2 aromatic rings. The van der Waals surface area contributed by atoms with Gasteiger partial charge in [0.15, 0.2) is 0 Å². The number of hydrogen-bond acceptors (Lipinski definition) is 4. The van der Waals surface area contributed by atoms with Gasteiger partial charge in [-0.3, -0.25) is 4.79 Å². The zero-order valence-electron chi connectivity index (χ0n) is 10.5. The number of carbonyl (C=O) groups excluding carboxylic acids is 1. The molecule has 0 fully saturated rings. The standard InChI is InChI=1S/C12H13BrFN5O/c13-10-3-8(1-2-11(10)14)6-19-7-9(17-18-19)5-16-12(20)4-15/h1-3,7H,4-6,15H2,(H,16,20). The first-order valence-electron chi connectivity index (χ1n) is 5.88. The number of nitrogens with two attached hydrogens (primary N) is 1. The lowest BCUT2D eigenvalue weighted by Crippen LogP contribution is -2.29. The van der Waals surface area contributed by atoms with E-state index in [9.17, 15) is 9.18 Å². The SMILES string of the molecule is NCC(=O)NCc1cn(Cc2ccc(F)c(Br)c2)nn1. The quantitative estimate of drug-likeness (QED) is 0.842. The van der Waals surface area contributed by atoms with Gasteiger partial charge in [-0.15, -0.1) is 5.10 Å². The molecule has 0 aliphatic rings. The average Bonchev–Trinajstić information content (AvgIpc) is 2.88. The Morgan fingerprint density at radius 3 is 3.00 bits per heavy atom. The maximum atomic E-state index is 13.1. The minimum atomic E-state index is -0.308. The van der Waals surface area contributed by atoms with Crippen molar-refractivity contribution in [2.45, 2.75) is 13.1 Å². The summed E-state index contributed by atoms with van der Waals surface area (Å²) in [5.74, 6) is -0.556. The fourth-order valence-corrected chi connectivity index (χ4v) is 2.01. The summed E-state index contributed by atoms with van der Waals surface area (Å²) in [6.07, 6.45) is 1.72. The van der Waals surface area contributed by atoms with E-state index in [2.05, 4.69) is 31.6 Å². The van der Waals surface area contributed by atoms with E-state index in [0.717, 1.165) is 5.56 Å². The van der Waals surface area contributed by atoms with Crippen molar-refractivity contribution in [3.8, 4) is 0 Å². The molecule has 0 saturated heterocycles. The molecule has 0 atom stereocenters. The number of halogens is 2. The van der Waals surface area contributed by atoms with Gasteiger partial charge in [0.25, 0.3) is 0 Å². The van der Waals surface area contributed by atoms with Gasteiger partial charge < -0.3 is 11.1 Å². The Hall–Kier alpha value is -1.80. The number of carbonyl (C=O) groups is 1. The number of hydrogen-bond donors (Lipinski definition) is 2. The first-order valence-corrected chi connectivity index (χ1v) is 6.67. The Morgan fingerprint density at radius 2 is 2.30 bits per heavy atom. The van der Waals surface area contributed by atoms with Crippen molar-refractivity contribution in [2.24, 2.45) is 5.73 Å². The van der Waals surface area contributed by atoms with E-state index in [1.807, 2.05) is 0 Å². The van der Waals surface area contributed by atoms with Crippen LogP contribution in [-0.4, -0.2) is 27.4 Å². The van der Waals surface area contributed by atoms with Crippen LogP contribution in [0.4, 0.5) is 4.39 Å². The number of nitrogens with zero attached hydrogens (tertiary/aromatic N) is 3. The van der Waals surface area contributed by atoms with Gasteiger partial charge in [0, 0.05) is 0 Å². The summed E-state index contributed by atoms with van der Waals surface area (Å²) in [7, 11) is 0. The molecule has 1 aromatic carbocycles. The minimum absolute atomic E-state index is 0.0578. The molecule has 20 heavy (non-hydrogen) atoms. The van der Waals surface area contributed by atoms with E-state index >= 15 is 0 Å². The minimum Gasteiger partial charge on any atom is -0.349 e. The van der Waals surface area contributed by atoms with Gasteiger partial charge >= 0.3 is 0 Å². The van der Waals surface area contributed by atoms with Gasteiger partial charge in [-0.25, -0.2) is 9.07 Å². The average molecular weight is 342 g/mol. The summed E-state index contributed by atoms with van der Waals surface area (Å²) in [5, 5.41) is 10.5. The van der Waals surface area contributed by atoms with Crippen molar-refractivity contribution < 1.29 is 9.18 Å². The molecule has 6 nitrogen and oxygen atoms in total. The molecule has 0 spiro atoms. The highest BCUT2D eigenvalue weighted by atomic mass is 79.9. The molecule has 0 saturated carbocycles. The third-order valence-electron chi connectivity index (χ3n) is 2.57. The van der Waals surface area contributed by atoms with Crippen LogP contribution >= 0.6 is 15.9 Å². The topological polar surface area (TPSA) is 85.8 Å². The summed E-state index contributed by atoms with van der Waals surface area (Å²) in [5.41, 5.74) is 6.70. The summed E-state index contributed by atoms with van der Waals surface area (Å²) in [4.78, 5) is 11.0. The zero-order valence-corrected chi connectivity index (χ0v) is 12.1. The van der Waals surface area contributed by atoms with Crippen LogP contribution in [0.5, 0.6) is 0 Å². The van der Waals surface area contributed by atoms with Crippen LogP contribution in [0.2, 0.25) is 0 Å². The summed E-state index contributed by atoms with van der Waals surface area (Å²) in [6, 6.07) is 4.75. The van der Waals surface area contributed by atoms with Crippen molar-refractivity contribution in [1.29, 1.82) is 0 Å². The molecule has 0 unspecified atom stereocenters. The van der Waals surface area contributed by atoms with Crippen molar-refractivity contribution in [3.05, 3.63) is 45.9 Å². The van der Waals surface area contributed by atoms with Crippen LogP contribution in [0.25, 0.3) is 0 Å². The van der Waals surface area contributed by atoms with E-state index in [1.165, 1.54) is 6.07 Å². The number of aromatic nitrogens is 3. The summed E-state index contributed by atoms with van der Waals surface area (Å²) < 4.78 is 15.1. The Morgan fingerprint density at radius 1 is 1.50 bits per heavy atom. The maximum absolute atomic E-state index is 13.1. The predicted octanol–water partition coefficient (Wildman–Crippen LogP) is 0.803. The summed E-state index contributed by atoms with van der Waals surface area (Å²) >= 11 is 3.13. The van der Waals surface area contributed by atoms with Crippen molar-refractivity contribution in [1.82, 2.24) is 20.3 Å². The van der Waals surface area contributed by atoms with Gasteiger partial charge in [-0.2, -0.15) is 0 Å². The number of rotatable bonds is 5. The van der Waals surface area contributed by atoms with E-state index in [1.54, 1.807) is 23.0 Å². The van der Waals surface area contributed by atoms with Crippen LogP contribution in [0.3, 0.4) is 0 Å². The van der Waals surface area contributed by atoms with Gasteiger partial charge in [-0.05, 0) is 33.6 Å². The molecule has 1 aromatic heterocycles. The Balaban J connectivity index is 1.98. The van der Waals surface area contributed by atoms with E-state index in [-0.39, 0.29) is 24.8 Å². The second-order valence-electron chi connectivity index (χ2n) is 4.14. The molecule has 8 heteroatoms. The highest BCUT2D eigenvalue weighted by Crippen LogP contribution is 2.17. The molecule has 0 radical (unpaired) electrons. The molecule has 106 valence electrons. The number of amides is 1. The normalized spacial score (nSPS) is 10.6. The Labute approximate surface area is 123 Å². The second-order valence-corrected chi connectivity index (χ2v) is 4.99. The predicted molar refractivity (Wildman–Crippen MR) is 74.1 cm³/mol.